The topological polar surface area (TPSA) is 12.0 Å². The molecule has 1 N–H and O–H groups in total. The highest BCUT2D eigenvalue weighted by atomic mass is 35.5. The van der Waals surface area contributed by atoms with Gasteiger partial charge in [-0.1, -0.05) is 60.1 Å². The zero-order valence-electron chi connectivity index (χ0n) is 10.9. The van der Waals surface area contributed by atoms with Gasteiger partial charge in [0.25, 0.3) is 0 Å². The predicted molar refractivity (Wildman–Crippen MR) is 82.3 cm³/mol. The second kappa shape index (κ2) is 7.13. The Kier molecular flexibility index (Phi) is 5.20. The maximum atomic E-state index is 5.93. The molecule has 0 saturated heterocycles. The number of hydrogen-bond donors (Lipinski definition) is 1. The molecule has 2 heteroatoms. The Morgan fingerprint density at radius 1 is 1.05 bits per heavy atom. The van der Waals surface area contributed by atoms with E-state index in [-0.39, 0.29) is 6.04 Å². The molecule has 0 fully saturated rings. The van der Waals surface area contributed by atoms with Crippen LogP contribution in [-0.4, -0.2) is 0 Å². The van der Waals surface area contributed by atoms with Crippen molar-refractivity contribution in [2.75, 3.05) is 0 Å². The molecule has 0 spiro atoms. The summed E-state index contributed by atoms with van der Waals surface area (Å²) in [7, 11) is 0. The molecule has 2 rings (SSSR count). The summed E-state index contributed by atoms with van der Waals surface area (Å²) < 4.78 is 0. The van der Waals surface area contributed by atoms with Gasteiger partial charge in [-0.3, -0.25) is 0 Å². The summed E-state index contributed by atoms with van der Waals surface area (Å²) in [5.74, 6) is 0. The number of halogens is 1. The molecular formula is C17H18ClN. The SMILES string of the molecule is C=CC[C@H](NCc1ccccc1)c1ccc(Cl)cc1. The Balaban J connectivity index is 2.04. The van der Waals surface area contributed by atoms with E-state index < -0.39 is 0 Å². The van der Waals surface area contributed by atoms with Crippen LogP contribution in [0, 0.1) is 0 Å². The molecular weight excluding hydrogens is 254 g/mol. The van der Waals surface area contributed by atoms with Gasteiger partial charge in [0.05, 0.1) is 0 Å². The second-order valence-corrected chi connectivity index (χ2v) is 4.93. The van der Waals surface area contributed by atoms with Crippen LogP contribution in [0.3, 0.4) is 0 Å². The molecule has 0 aromatic heterocycles. The van der Waals surface area contributed by atoms with Crippen molar-refractivity contribution in [2.24, 2.45) is 0 Å². The first-order valence-corrected chi connectivity index (χ1v) is 6.81. The zero-order chi connectivity index (χ0) is 13.5. The molecule has 0 aliphatic carbocycles. The van der Waals surface area contributed by atoms with Gasteiger partial charge in [-0.25, -0.2) is 0 Å². The van der Waals surface area contributed by atoms with Crippen LogP contribution in [0.5, 0.6) is 0 Å². The Morgan fingerprint density at radius 3 is 2.37 bits per heavy atom. The van der Waals surface area contributed by atoms with Crippen molar-refractivity contribution in [1.82, 2.24) is 5.32 Å². The molecule has 2 aromatic rings. The zero-order valence-corrected chi connectivity index (χ0v) is 11.6. The van der Waals surface area contributed by atoms with Crippen LogP contribution < -0.4 is 5.32 Å². The van der Waals surface area contributed by atoms with Crippen molar-refractivity contribution >= 4 is 11.6 Å². The molecule has 0 amide bonds. The van der Waals surface area contributed by atoms with E-state index in [4.69, 9.17) is 11.6 Å². The van der Waals surface area contributed by atoms with Gasteiger partial charge < -0.3 is 5.32 Å². The van der Waals surface area contributed by atoms with Crippen LogP contribution in [0.25, 0.3) is 0 Å². The minimum Gasteiger partial charge on any atom is -0.306 e. The molecule has 2 aromatic carbocycles. The standard InChI is InChI=1S/C17H18ClN/c1-2-6-17(15-9-11-16(18)12-10-15)19-13-14-7-4-3-5-8-14/h2-5,7-12,17,19H,1,6,13H2/t17-/m0/s1. The van der Waals surface area contributed by atoms with E-state index >= 15 is 0 Å². The van der Waals surface area contributed by atoms with Gasteiger partial charge in [-0.15, -0.1) is 6.58 Å². The second-order valence-electron chi connectivity index (χ2n) is 4.50. The molecule has 19 heavy (non-hydrogen) atoms. The summed E-state index contributed by atoms with van der Waals surface area (Å²) in [6.07, 6.45) is 2.84. The van der Waals surface area contributed by atoms with Crippen molar-refractivity contribution in [3.63, 3.8) is 0 Å². The van der Waals surface area contributed by atoms with Gasteiger partial charge in [-0.2, -0.15) is 0 Å². The summed E-state index contributed by atoms with van der Waals surface area (Å²) in [5.41, 5.74) is 2.52. The molecule has 0 saturated carbocycles. The third-order valence-corrected chi connectivity index (χ3v) is 3.32. The minimum atomic E-state index is 0.273. The first-order valence-electron chi connectivity index (χ1n) is 6.43. The number of benzene rings is 2. The number of nitrogens with one attached hydrogen (secondary N) is 1. The normalized spacial score (nSPS) is 12.1. The third-order valence-electron chi connectivity index (χ3n) is 3.07. The van der Waals surface area contributed by atoms with E-state index in [1.54, 1.807) is 0 Å². The van der Waals surface area contributed by atoms with E-state index in [9.17, 15) is 0 Å². The molecule has 98 valence electrons. The quantitative estimate of drug-likeness (QED) is 0.748. The van der Waals surface area contributed by atoms with E-state index in [1.165, 1.54) is 11.1 Å². The highest BCUT2D eigenvalue weighted by Crippen LogP contribution is 2.20. The first-order chi connectivity index (χ1) is 9.29. The molecule has 0 bridgehead atoms. The Hall–Kier alpha value is -1.57. The van der Waals surface area contributed by atoms with Crippen molar-refractivity contribution in [3.8, 4) is 0 Å². The summed E-state index contributed by atoms with van der Waals surface area (Å²) in [4.78, 5) is 0. The average molecular weight is 272 g/mol. The van der Waals surface area contributed by atoms with Crippen LogP contribution in [0.1, 0.15) is 23.6 Å². The fourth-order valence-corrected chi connectivity index (χ4v) is 2.16. The van der Waals surface area contributed by atoms with Gasteiger partial charge in [0.2, 0.25) is 0 Å². The van der Waals surface area contributed by atoms with Crippen LogP contribution in [-0.2, 0) is 6.54 Å². The maximum Gasteiger partial charge on any atom is 0.0406 e. The molecule has 1 nitrogen and oxygen atoms in total. The Labute approximate surface area is 119 Å². The molecule has 0 radical (unpaired) electrons. The summed E-state index contributed by atoms with van der Waals surface area (Å²) in [5, 5.41) is 4.33. The van der Waals surface area contributed by atoms with E-state index in [0.717, 1.165) is 18.0 Å². The average Bonchev–Trinajstić information content (AvgIpc) is 2.46. The summed E-state index contributed by atoms with van der Waals surface area (Å²) in [6.45, 7) is 4.68. The van der Waals surface area contributed by atoms with Gasteiger partial charge in [0.1, 0.15) is 0 Å². The largest absolute Gasteiger partial charge is 0.306 e. The van der Waals surface area contributed by atoms with Gasteiger partial charge in [0.15, 0.2) is 0 Å². The van der Waals surface area contributed by atoms with Crippen molar-refractivity contribution < 1.29 is 0 Å². The minimum absolute atomic E-state index is 0.273. The van der Waals surface area contributed by atoms with E-state index in [2.05, 4.69) is 48.3 Å². The molecule has 0 heterocycles. The Bertz CT molecular complexity index is 505. The first kappa shape index (κ1) is 13.9. The van der Waals surface area contributed by atoms with Crippen LogP contribution in [0.4, 0.5) is 0 Å². The van der Waals surface area contributed by atoms with Gasteiger partial charge in [0, 0.05) is 17.6 Å². The summed E-state index contributed by atoms with van der Waals surface area (Å²) in [6, 6.07) is 18.7. The molecule has 0 unspecified atom stereocenters. The van der Waals surface area contributed by atoms with Crippen LogP contribution in [0.15, 0.2) is 67.3 Å². The predicted octanol–water partition coefficient (Wildman–Crippen LogP) is 4.75. The smallest absolute Gasteiger partial charge is 0.0406 e. The lowest BCUT2D eigenvalue weighted by Gasteiger charge is -2.18. The molecule has 1 atom stereocenters. The highest BCUT2D eigenvalue weighted by Gasteiger charge is 2.08. The Morgan fingerprint density at radius 2 is 1.74 bits per heavy atom. The monoisotopic (exact) mass is 271 g/mol. The number of hydrogen-bond acceptors (Lipinski definition) is 1. The van der Waals surface area contributed by atoms with Crippen molar-refractivity contribution in [1.29, 1.82) is 0 Å². The summed E-state index contributed by atoms with van der Waals surface area (Å²) >= 11 is 5.93. The maximum absolute atomic E-state index is 5.93. The fraction of sp³-hybridized carbons (Fsp3) is 0.176. The number of rotatable bonds is 6. The lowest BCUT2D eigenvalue weighted by molar-refractivity contribution is 0.539. The molecule has 0 aliphatic heterocycles. The van der Waals surface area contributed by atoms with Crippen molar-refractivity contribution in [2.45, 2.75) is 19.0 Å². The van der Waals surface area contributed by atoms with Crippen molar-refractivity contribution in [3.05, 3.63) is 83.4 Å². The fourth-order valence-electron chi connectivity index (χ4n) is 2.04. The van der Waals surface area contributed by atoms with E-state index in [1.807, 2.05) is 24.3 Å². The van der Waals surface area contributed by atoms with E-state index in [0.29, 0.717) is 0 Å². The lowest BCUT2D eigenvalue weighted by atomic mass is 10.0. The lowest BCUT2D eigenvalue weighted by Crippen LogP contribution is -2.20. The van der Waals surface area contributed by atoms with Crippen LogP contribution >= 0.6 is 11.6 Å². The highest BCUT2D eigenvalue weighted by molar-refractivity contribution is 6.30. The van der Waals surface area contributed by atoms with Gasteiger partial charge in [-0.05, 0) is 29.7 Å². The van der Waals surface area contributed by atoms with Gasteiger partial charge >= 0.3 is 0 Å². The third kappa shape index (κ3) is 4.23. The van der Waals surface area contributed by atoms with Crippen LogP contribution in [0.2, 0.25) is 5.02 Å². The molecule has 0 aliphatic rings.